The van der Waals surface area contributed by atoms with Crippen LogP contribution in [0.1, 0.15) is 19.8 Å². The summed E-state index contributed by atoms with van der Waals surface area (Å²) in [4.78, 5) is 8.00. The minimum Gasteiger partial charge on any atom is -0.475 e. The van der Waals surface area contributed by atoms with E-state index in [0.717, 1.165) is 12.8 Å². The number of aromatic nitrogens is 2. The highest BCUT2D eigenvalue weighted by Gasteiger charge is 2.19. The fourth-order valence-electron chi connectivity index (χ4n) is 1.87. The number of nitrogen functional groups attached to an aromatic ring is 1. The first-order valence-corrected chi connectivity index (χ1v) is 5.61. The van der Waals surface area contributed by atoms with Gasteiger partial charge in [0.15, 0.2) is 5.82 Å². The van der Waals surface area contributed by atoms with Gasteiger partial charge in [-0.1, -0.05) is 19.1 Å². The number of rotatable bonds is 3. The minimum absolute atomic E-state index is 0.363. The Morgan fingerprint density at radius 1 is 1.31 bits per heavy atom. The van der Waals surface area contributed by atoms with Crippen molar-refractivity contribution in [2.75, 3.05) is 12.3 Å². The molecule has 0 radical (unpaired) electrons. The zero-order valence-electron chi connectivity index (χ0n) is 9.47. The maximum atomic E-state index is 5.66. The van der Waals surface area contributed by atoms with Crippen molar-refractivity contribution in [2.24, 2.45) is 11.8 Å². The van der Waals surface area contributed by atoms with Crippen LogP contribution in [0.15, 0.2) is 24.5 Å². The predicted octanol–water partition coefficient (Wildman–Crippen LogP) is 2.04. The highest BCUT2D eigenvalue weighted by Crippen LogP contribution is 2.26. The van der Waals surface area contributed by atoms with Crippen LogP contribution in [-0.2, 0) is 0 Å². The lowest BCUT2D eigenvalue weighted by Gasteiger charge is -2.24. The van der Waals surface area contributed by atoms with Crippen molar-refractivity contribution >= 4 is 5.82 Å². The number of hydrogen-bond acceptors (Lipinski definition) is 4. The third-order valence-electron chi connectivity index (χ3n) is 3.04. The number of allylic oxidation sites excluding steroid dienone is 2. The number of nitrogens with two attached hydrogens (primary N) is 1. The molecule has 0 bridgehead atoms. The van der Waals surface area contributed by atoms with Crippen LogP contribution in [-0.4, -0.2) is 16.6 Å². The molecule has 0 saturated carbocycles. The van der Waals surface area contributed by atoms with E-state index in [-0.39, 0.29) is 0 Å². The Bertz CT molecular complexity index is 378. The summed E-state index contributed by atoms with van der Waals surface area (Å²) < 4.78 is 5.61. The van der Waals surface area contributed by atoms with Crippen LogP contribution >= 0.6 is 0 Å². The summed E-state index contributed by atoms with van der Waals surface area (Å²) in [6, 6.07) is 0. The molecule has 4 nitrogen and oxygen atoms in total. The van der Waals surface area contributed by atoms with Gasteiger partial charge in [0.25, 0.3) is 5.88 Å². The van der Waals surface area contributed by atoms with E-state index in [9.17, 15) is 0 Å². The maximum absolute atomic E-state index is 5.66. The molecular weight excluding hydrogens is 202 g/mol. The van der Waals surface area contributed by atoms with E-state index in [4.69, 9.17) is 10.5 Å². The van der Waals surface area contributed by atoms with Crippen LogP contribution in [0.2, 0.25) is 0 Å². The normalized spacial score (nSPS) is 24.3. The van der Waals surface area contributed by atoms with Gasteiger partial charge in [0.2, 0.25) is 0 Å². The largest absolute Gasteiger partial charge is 0.475 e. The average Bonchev–Trinajstić information content (AvgIpc) is 2.30. The minimum atomic E-state index is 0.363. The zero-order valence-corrected chi connectivity index (χ0v) is 9.47. The molecule has 2 unspecified atom stereocenters. The second kappa shape index (κ2) is 4.96. The number of anilines is 1. The molecule has 1 aromatic rings. The molecule has 0 spiro atoms. The SMILES string of the molecule is CC1CC=CCC1COc1nccnc1N. The lowest BCUT2D eigenvalue weighted by atomic mass is 9.85. The maximum Gasteiger partial charge on any atom is 0.257 e. The smallest absolute Gasteiger partial charge is 0.257 e. The van der Waals surface area contributed by atoms with Gasteiger partial charge >= 0.3 is 0 Å². The molecule has 1 aromatic heterocycles. The first-order valence-electron chi connectivity index (χ1n) is 5.61. The second-order valence-corrected chi connectivity index (χ2v) is 4.24. The number of nitrogens with zero attached hydrogens (tertiary/aromatic N) is 2. The molecule has 16 heavy (non-hydrogen) atoms. The van der Waals surface area contributed by atoms with Crippen molar-refractivity contribution in [3.63, 3.8) is 0 Å². The third-order valence-corrected chi connectivity index (χ3v) is 3.04. The summed E-state index contributed by atoms with van der Waals surface area (Å²) in [7, 11) is 0. The van der Waals surface area contributed by atoms with Gasteiger partial charge in [0.1, 0.15) is 0 Å². The molecule has 1 aliphatic rings. The summed E-state index contributed by atoms with van der Waals surface area (Å²) in [6.45, 7) is 2.91. The number of hydrogen-bond donors (Lipinski definition) is 1. The van der Waals surface area contributed by atoms with Crippen molar-refractivity contribution in [2.45, 2.75) is 19.8 Å². The van der Waals surface area contributed by atoms with Gasteiger partial charge in [0, 0.05) is 12.4 Å². The second-order valence-electron chi connectivity index (χ2n) is 4.24. The van der Waals surface area contributed by atoms with Gasteiger partial charge in [-0.25, -0.2) is 9.97 Å². The highest BCUT2D eigenvalue weighted by molar-refractivity contribution is 5.38. The van der Waals surface area contributed by atoms with E-state index in [0.29, 0.717) is 30.1 Å². The average molecular weight is 219 g/mol. The molecule has 0 aliphatic heterocycles. The van der Waals surface area contributed by atoms with Gasteiger partial charge in [-0.3, -0.25) is 0 Å². The van der Waals surface area contributed by atoms with Crippen LogP contribution in [0.4, 0.5) is 5.82 Å². The quantitative estimate of drug-likeness (QED) is 0.790. The molecule has 4 heteroatoms. The van der Waals surface area contributed by atoms with Gasteiger partial charge in [-0.15, -0.1) is 0 Å². The highest BCUT2D eigenvalue weighted by atomic mass is 16.5. The van der Waals surface area contributed by atoms with E-state index in [1.54, 1.807) is 12.4 Å². The molecule has 1 heterocycles. The van der Waals surface area contributed by atoms with Gasteiger partial charge < -0.3 is 10.5 Å². The standard InChI is InChI=1S/C12H17N3O/c1-9-4-2-3-5-10(9)8-16-12-11(13)14-6-7-15-12/h2-3,6-7,9-10H,4-5,8H2,1H3,(H2,13,14). The van der Waals surface area contributed by atoms with Crippen LogP contribution in [0.25, 0.3) is 0 Å². The summed E-state index contributed by atoms with van der Waals surface area (Å²) >= 11 is 0. The van der Waals surface area contributed by atoms with Crippen LogP contribution in [0, 0.1) is 11.8 Å². The Morgan fingerprint density at radius 2 is 2.06 bits per heavy atom. The molecule has 0 fully saturated rings. The molecule has 2 atom stereocenters. The summed E-state index contributed by atoms with van der Waals surface area (Å²) in [5, 5.41) is 0. The third kappa shape index (κ3) is 2.51. The molecule has 2 rings (SSSR count). The van der Waals surface area contributed by atoms with Crippen LogP contribution in [0.3, 0.4) is 0 Å². The fraction of sp³-hybridized carbons (Fsp3) is 0.500. The molecule has 1 aliphatic carbocycles. The lowest BCUT2D eigenvalue weighted by molar-refractivity contribution is 0.193. The first-order chi connectivity index (χ1) is 7.77. The van der Waals surface area contributed by atoms with E-state index in [2.05, 4.69) is 29.0 Å². The Balaban J connectivity index is 1.92. The van der Waals surface area contributed by atoms with E-state index >= 15 is 0 Å². The molecule has 86 valence electrons. The Kier molecular flexibility index (Phi) is 3.39. The Hall–Kier alpha value is -1.58. The van der Waals surface area contributed by atoms with Crippen molar-refractivity contribution in [1.82, 2.24) is 9.97 Å². The number of ether oxygens (including phenoxy) is 1. The lowest BCUT2D eigenvalue weighted by Crippen LogP contribution is -2.21. The van der Waals surface area contributed by atoms with E-state index in [1.807, 2.05) is 0 Å². The molecule has 0 saturated heterocycles. The summed E-state index contributed by atoms with van der Waals surface area (Å²) in [5.74, 6) is 2.01. The Morgan fingerprint density at radius 3 is 2.81 bits per heavy atom. The molecule has 0 aromatic carbocycles. The van der Waals surface area contributed by atoms with Crippen LogP contribution < -0.4 is 10.5 Å². The molecule has 0 amide bonds. The topological polar surface area (TPSA) is 61.0 Å². The Labute approximate surface area is 95.5 Å². The molecular formula is C12H17N3O. The summed E-state index contributed by atoms with van der Waals surface area (Å²) in [5.41, 5.74) is 5.66. The van der Waals surface area contributed by atoms with Crippen LogP contribution in [0.5, 0.6) is 5.88 Å². The molecule has 2 N–H and O–H groups in total. The summed E-state index contributed by atoms with van der Waals surface area (Å²) in [6.07, 6.45) is 9.81. The van der Waals surface area contributed by atoms with Crippen molar-refractivity contribution in [3.05, 3.63) is 24.5 Å². The van der Waals surface area contributed by atoms with Gasteiger partial charge in [-0.05, 0) is 24.7 Å². The van der Waals surface area contributed by atoms with Crippen molar-refractivity contribution < 1.29 is 4.74 Å². The van der Waals surface area contributed by atoms with Crippen molar-refractivity contribution in [3.8, 4) is 5.88 Å². The van der Waals surface area contributed by atoms with E-state index < -0.39 is 0 Å². The van der Waals surface area contributed by atoms with E-state index in [1.165, 1.54) is 0 Å². The fourth-order valence-corrected chi connectivity index (χ4v) is 1.87. The van der Waals surface area contributed by atoms with Gasteiger partial charge in [-0.2, -0.15) is 0 Å². The first kappa shape index (κ1) is 10.9. The predicted molar refractivity (Wildman–Crippen MR) is 63.0 cm³/mol. The monoisotopic (exact) mass is 219 g/mol. The zero-order chi connectivity index (χ0) is 11.4. The van der Waals surface area contributed by atoms with Gasteiger partial charge in [0.05, 0.1) is 6.61 Å². The van der Waals surface area contributed by atoms with Crippen molar-refractivity contribution in [1.29, 1.82) is 0 Å².